The van der Waals surface area contributed by atoms with Gasteiger partial charge in [-0.25, -0.2) is 8.42 Å². The van der Waals surface area contributed by atoms with Crippen LogP contribution in [-0.2, 0) is 26.0 Å². The first-order chi connectivity index (χ1) is 16.6. The van der Waals surface area contributed by atoms with E-state index in [0.29, 0.717) is 36.6 Å². The van der Waals surface area contributed by atoms with Crippen molar-refractivity contribution in [2.45, 2.75) is 52.0 Å². The van der Waals surface area contributed by atoms with Gasteiger partial charge in [0.2, 0.25) is 21.8 Å². The van der Waals surface area contributed by atoms with Crippen LogP contribution < -0.4 is 9.62 Å². The SMILES string of the molecule is CCCCNC(=O)[C@H](C)N(CCc1ccccc1)C(=O)CCCN(c1ccc(Cl)cc1)S(C)(=O)=O. The number of rotatable bonds is 14. The van der Waals surface area contributed by atoms with Crippen LogP contribution in [0.4, 0.5) is 5.69 Å². The molecular weight excluding hydrogens is 486 g/mol. The van der Waals surface area contributed by atoms with Crippen molar-refractivity contribution in [2.75, 3.05) is 30.2 Å². The molecule has 0 spiro atoms. The highest BCUT2D eigenvalue weighted by molar-refractivity contribution is 7.92. The molecule has 7 nitrogen and oxygen atoms in total. The molecule has 1 atom stereocenters. The Labute approximate surface area is 214 Å². The van der Waals surface area contributed by atoms with Crippen LogP contribution in [0.2, 0.25) is 5.02 Å². The van der Waals surface area contributed by atoms with E-state index in [-0.39, 0.29) is 24.8 Å². The van der Waals surface area contributed by atoms with Gasteiger partial charge >= 0.3 is 0 Å². The summed E-state index contributed by atoms with van der Waals surface area (Å²) < 4.78 is 26.0. The third-order valence-corrected chi connectivity index (χ3v) is 7.19. The van der Waals surface area contributed by atoms with Gasteiger partial charge in [-0.1, -0.05) is 55.3 Å². The van der Waals surface area contributed by atoms with Crippen molar-refractivity contribution >= 4 is 39.1 Å². The van der Waals surface area contributed by atoms with Crippen molar-refractivity contribution in [1.29, 1.82) is 0 Å². The number of carbonyl (C=O) groups excluding carboxylic acids is 2. The molecule has 0 saturated heterocycles. The summed E-state index contributed by atoms with van der Waals surface area (Å²) in [5.41, 5.74) is 1.57. The molecular formula is C26H36ClN3O4S. The maximum atomic E-state index is 13.2. The first kappa shape index (κ1) is 28.7. The minimum absolute atomic E-state index is 0.126. The van der Waals surface area contributed by atoms with Gasteiger partial charge in [-0.3, -0.25) is 13.9 Å². The topological polar surface area (TPSA) is 86.8 Å². The summed E-state index contributed by atoms with van der Waals surface area (Å²) >= 11 is 5.93. The van der Waals surface area contributed by atoms with E-state index in [1.807, 2.05) is 30.3 Å². The molecule has 0 saturated carbocycles. The molecule has 2 amide bonds. The van der Waals surface area contributed by atoms with Gasteiger partial charge in [-0.05, 0) is 56.0 Å². The molecule has 0 aromatic heterocycles. The Hall–Kier alpha value is -2.58. The van der Waals surface area contributed by atoms with Crippen molar-refractivity contribution in [3.05, 3.63) is 65.2 Å². The predicted octanol–water partition coefficient (Wildman–Crippen LogP) is 4.26. The highest BCUT2D eigenvalue weighted by atomic mass is 35.5. The van der Waals surface area contributed by atoms with Gasteiger partial charge in [0.25, 0.3) is 0 Å². The number of carbonyl (C=O) groups is 2. The van der Waals surface area contributed by atoms with Gasteiger partial charge < -0.3 is 10.2 Å². The lowest BCUT2D eigenvalue weighted by atomic mass is 10.1. The Balaban J connectivity index is 2.07. The van der Waals surface area contributed by atoms with Crippen LogP contribution in [-0.4, -0.2) is 57.1 Å². The summed E-state index contributed by atoms with van der Waals surface area (Å²) in [6.07, 6.45) is 4.05. The second-order valence-electron chi connectivity index (χ2n) is 8.56. The molecule has 1 N–H and O–H groups in total. The lowest BCUT2D eigenvalue weighted by Gasteiger charge is -2.29. The molecule has 0 aliphatic heterocycles. The molecule has 2 rings (SSSR count). The number of anilines is 1. The lowest BCUT2D eigenvalue weighted by Crippen LogP contribution is -2.49. The van der Waals surface area contributed by atoms with Gasteiger partial charge in [0.15, 0.2) is 0 Å². The largest absolute Gasteiger partial charge is 0.354 e. The van der Waals surface area contributed by atoms with Crippen LogP contribution in [0.3, 0.4) is 0 Å². The maximum Gasteiger partial charge on any atom is 0.242 e. The van der Waals surface area contributed by atoms with Crippen molar-refractivity contribution < 1.29 is 18.0 Å². The average molecular weight is 522 g/mol. The highest BCUT2D eigenvalue weighted by Gasteiger charge is 2.26. The number of sulfonamides is 1. The van der Waals surface area contributed by atoms with Crippen molar-refractivity contribution in [2.24, 2.45) is 0 Å². The first-order valence-electron chi connectivity index (χ1n) is 12.0. The van der Waals surface area contributed by atoms with Crippen molar-refractivity contribution in [3.8, 4) is 0 Å². The molecule has 0 aliphatic rings. The van der Waals surface area contributed by atoms with Gasteiger partial charge in [0.05, 0.1) is 11.9 Å². The van der Waals surface area contributed by atoms with Crippen LogP contribution in [0, 0.1) is 0 Å². The number of halogens is 1. The number of benzene rings is 2. The zero-order valence-corrected chi connectivity index (χ0v) is 22.3. The van der Waals surface area contributed by atoms with Crippen LogP contribution in [0.25, 0.3) is 0 Å². The Morgan fingerprint density at radius 1 is 1.00 bits per heavy atom. The van der Waals surface area contributed by atoms with Crippen LogP contribution in [0.1, 0.15) is 45.1 Å². The third kappa shape index (κ3) is 9.53. The normalized spacial score (nSPS) is 12.1. The molecule has 35 heavy (non-hydrogen) atoms. The number of hydrogen-bond donors (Lipinski definition) is 1. The molecule has 0 unspecified atom stereocenters. The van der Waals surface area contributed by atoms with Crippen LogP contribution in [0.5, 0.6) is 0 Å². The van der Waals surface area contributed by atoms with Gasteiger partial charge in [0.1, 0.15) is 6.04 Å². The number of nitrogens with one attached hydrogen (secondary N) is 1. The maximum absolute atomic E-state index is 13.2. The number of hydrogen-bond acceptors (Lipinski definition) is 4. The van der Waals surface area contributed by atoms with E-state index in [0.717, 1.165) is 24.7 Å². The molecule has 2 aromatic rings. The van der Waals surface area contributed by atoms with Crippen LogP contribution >= 0.6 is 11.6 Å². The molecule has 2 aromatic carbocycles. The number of nitrogens with zero attached hydrogens (tertiary/aromatic N) is 2. The van der Waals surface area contributed by atoms with Crippen molar-refractivity contribution in [3.63, 3.8) is 0 Å². The second-order valence-corrected chi connectivity index (χ2v) is 10.9. The van der Waals surface area contributed by atoms with Gasteiger partial charge in [-0.15, -0.1) is 0 Å². The van der Waals surface area contributed by atoms with Crippen LogP contribution in [0.15, 0.2) is 54.6 Å². The molecule has 0 heterocycles. The molecule has 0 bridgehead atoms. The monoisotopic (exact) mass is 521 g/mol. The summed E-state index contributed by atoms with van der Waals surface area (Å²) in [4.78, 5) is 27.5. The van der Waals surface area contributed by atoms with E-state index >= 15 is 0 Å². The van der Waals surface area contributed by atoms with E-state index < -0.39 is 16.1 Å². The number of amides is 2. The minimum atomic E-state index is -3.54. The Bertz CT molecular complexity index is 1050. The lowest BCUT2D eigenvalue weighted by molar-refractivity contribution is -0.139. The zero-order valence-electron chi connectivity index (χ0n) is 20.7. The van der Waals surface area contributed by atoms with E-state index in [2.05, 4.69) is 12.2 Å². The zero-order chi connectivity index (χ0) is 25.8. The molecule has 192 valence electrons. The summed E-state index contributed by atoms with van der Waals surface area (Å²) in [5, 5.41) is 3.42. The second kappa shape index (κ2) is 14.1. The number of unbranched alkanes of at least 4 members (excludes halogenated alkanes) is 1. The Kier molecular flexibility index (Phi) is 11.5. The van der Waals surface area contributed by atoms with Gasteiger partial charge in [-0.2, -0.15) is 0 Å². The summed E-state index contributed by atoms with van der Waals surface area (Å²) in [5.74, 6) is -0.359. The van der Waals surface area contributed by atoms with Crippen molar-refractivity contribution in [1.82, 2.24) is 10.2 Å². The van der Waals surface area contributed by atoms with E-state index in [4.69, 9.17) is 11.6 Å². The van der Waals surface area contributed by atoms with E-state index in [1.54, 1.807) is 36.1 Å². The molecule has 0 aliphatic carbocycles. The van der Waals surface area contributed by atoms with E-state index in [9.17, 15) is 18.0 Å². The fourth-order valence-electron chi connectivity index (χ4n) is 3.72. The first-order valence-corrected chi connectivity index (χ1v) is 14.2. The Morgan fingerprint density at radius 2 is 1.66 bits per heavy atom. The van der Waals surface area contributed by atoms with E-state index in [1.165, 1.54) is 4.31 Å². The fourth-order valence-corrected chi connectivity index (χ4v) is 4.81. The summed E-state index contributed by atoms with van der Waals surface area (Å²) in [7, 11) is -3.54. The molecule has 9 heteroatoms. The quantitative estimate of drug-likeness (QED) is 0.376. The summed E-state index contributed by atoms with van der Waals surface area (Å²) in [6, 6.07) is 15.7. The predicted molar refractivity (Wildman–Crippen MR) is 142 cm³/mol. The minimum Gasteiger partial charge on any atom is -0.354 e. The van der Waals surface area contributed by atoms with Gasteiger partial charge in [0, 0.05) is 31.1 Å². The Morgan fingerprint density at radius 3 is 2.26 bits per heavy atom. The smallest absolute Gasteiger partial charge is 0.242 e. The third-order valence-electron chi connectivity index (χ3n) is 5.75. The summed E-state index contributed by atoms with van der Waals surface area (Å²) in [6.45, 7) is 4.91. The highest BCUT2D eigenvalue weighted by Crippen LogP contribution is 2.21. The molecule has 0 radical (unpaired) electrons. The fraction of sp³-hybridized carbons (Fsp3) is 0.462. The average Bonchev–Trinajstić information content (AvgIpc) is 2.82. The standard InChI is InChI=1S/C26H36ClN3O4S/c1-4-5-18-28-26(32)21(2)29(20-17-22-10-7-6-8-11-22)25(31)12-9-19-30(35(3,33)34)24-15-13-23(27)14-16-24/h6-8,10-11,13-16,21H,4-5,9,12,17-20H2,1-3H3,(H,28,32)/t21-/m0/s1. The molecule has 0 fully saturated rings.